The average Bonchev–Trinajstić information content (AvgIpc) is 3.06. The summed E-state index contributed by atoms with van der Waals surface area (Å²) in [5.74, 6) is 1.73. The van der Waals surface area contributed by atoms with Crippen molar-refractivity contribution in [1.82, 2.24) is 15.1 Å². The lowest BCUT2D eigenvalue weighted by atomic mass is 10.2. The molecule has 0 aliphatic rings. The first-order valence-electron chi connectivity index (χ1n) is 7.57. The van der Waals surface area contributed by atoms with Crippen molar-refractivity contribution in [3.05, 3.63) is 47.6 Å². The summed E-state index contributed by atoms with van der Waals surface area (Å²) in [5, 5.41) is 8.03. The van der Waals surface area contributed by atoms with Crippen molar-refractivity contribution in [2.24, 2.45) is 0 Å². The molecule has 0 aliphatic carbocycles. The number of hydrogen-bond acceptors (Lipinski definition) is 5. The summed E-state index contributed by atoms with van der Waals surface area (Å²) in [4.78, 5) is 8.83. The molecule has 0 radical (unpaired) electrons. The van der Waals surface area contributed by atoms with Crippen LogP contribution in [0.1, 0.15) is 19.8 Å². The summed E-state index contributed by atoms with van der Waals surface area (Å²) in [7, 11) is 0. The lowest BCUT2D eigenvalue weighted by molar-refractivity contribution is 0.432. The van der Waals surface area contributed by atoms with E-state index < -0.39 is 0 Å². The van der Waals surface area contributed by atoms with Crippen LogP contribution in [0.3, 0.4) is 0 Å². The quantitative estimate of drug-likeness (QED) is 0.666. The second-order valence-corrected chi connectivity index (χ2v) is 5.55. The normalized spacial score (nSPS) is 10.7. The molecule has 0 saturated heterocycles. The topological polar surface area (TPSA) is 63.8 Å². The van der Waals surface area contributed by atoms with Gasteiger partial charge in [-0.1, -0.05) is 30.1 Å². The highest BCUT2D eigenvalue weighted by atomic mass is 35.5. The molecule has 0 unspecified atom stereocenters. The monoisotopic (exact) mass is 328 g/mol. The van der Waals surface area contributed by atoms with Crippen molar-refractivity contribution in [1.29, 1.82) is 0 Å². The Morgan fingerprint density at radius 2 is 2.00 bits per heavy atom. The summed E-state index contributed by atoms with van der Waals surface area (Å²) in [6, 6.07) is 11.1. The Labute approximate surface area is 139 Å². The van der Waals surface area contributed by atoms with Gasteiger partial charge in [0.15, 0.2) is 0 Å². The molecule has 6 heteroatoms. The molecule has 0 amide bonds. The van der Waals surface area contributed by atoms with Crippen molar-refractivity contribution in [2.75, 3.05) is 11.9 Å². The first-order chi connectivity index (χ1) is 11.3. The minimum Gasteiger partial charge on any atom is -0.369 e. The highest BCUT2D eigenvalue weighted by Gasteiger charge is 2.14. The van der Waals surface area contributed by atoms with Crippen LogP contribution in [0.5, 0.6) is 0 Å². The van der Waals surface area contributed by atoms with Crippen LogP contribution in [0, 0.1) is 0 Å². The van der Waals surface area contributed by atoms with E-state index in [9.17, 15) is 0 Å². The van der Waals surface area contributed by atoms with Crippen LogP contribution in [0.15, 0.2) is 47.1 Å². The number of unbranched alkanes of at least 4 members (excludes halogenated alkanes) is 1. The van der Waals surface area contributed by atoms with E-state index in [4.69, 9.17) is 16.1 Å². The SMILES string of the molecule is CCCCNc1ncccc1-c1nc(-c2ccc(Cl)cc2)no1. The van der Waals surface area contributed by atoms with Crippen molar-refractivity contribution in [2.45, 2.75) is 19.8 Å². The molecule has 0 atom stereocenters. The molecule has 1 N–H and O–H groups in total. The lowest BCUT2D eigenvalue weighted by Gasteiger charge is -2.07. The molecule has 2 aromatic heterocycles. The zero-order valence-electron chi connectivity index (χ0n) is 12.8. The fourth-order valence-electron chi connectivity index (χ4n) is 2.15. The maximum absolute atomic E-state index is 5.90. The van der Waals surface area contributed by atoms with Crippen LogP contribution in [0.25, 0.3) is 22.8 Å². The molecule has 5 nitrogen and oxygen atoms in total. The van der Waals surface area contributed by atoms with Gasteiger partial charge in [-0.15, -0.1) is 0 Å². The Hall–Kier alpha value is -2.40. The van der Waals surface area contributed by atoms with E-state index >= 15 is 0 Å². The van der Waals surface area contributed by atoms with Gasteiger partial charge in [0.05, 0.1) is 5.56 Å². The second-order valence-electron chi connectivity index (χ2n) is 5.11. The smallest absolute Gasteiger partial charge is 0.261 e. The molecule has 23 heavy (non-hydrogen) atoms. The van der Waals surface area contributed by atoms with E-state index in [-0.39, 0.29) is 0 Å². The molecular weight excluding hydrogens is 312 g/mol. The maximum atomic E-state index is 5.90. The highest BCUT2D eigenvalue weighted by Crippen LogP contribution is 2.27. The van der Waals surface area contributed by atoms with Gasteiger partial charge in [-0.05, 0) is 42.8 Å². The third-order valence-corrected chi connectivity index (χ3v) is 3.64. The molecule has 0 bridgehead atoms. The Morgan fingerprint density at radius 1 is 1.17 bits per heavy atom. The zero-order chi connectivity index (χ0) is 16.1. The molecule has 3 aromatic rings. The predicted octanol–water partition coefficient (Wildman–Crippen LogP) is 4.66. The van der Waals surface area contributed by atoms with Crippen molar-refractivity contribution in [3.63, 3.8) is 0 Å². The molecular formula is C17H17ClN4O. The molecule has 3 rings (SSSR count). The number of nitrogens with zero attached hydrogens (tertiary/aromatic N) is 3. The number of pyridine rings is 1. The summed E-state index contributed by atoms with van der Waals surface area (Å²) < 4.78 is 5.41. The van der Waals surface area contributed by atoms with Crippen LogP contribution in [0.2, 0.25) is 5.02 Å². The molecule has 0 fully saturated rings. The fraction of sp³-hybridized carbons (Fsp3) is 0.235. The van der Waals surface area contributed by atoms with Gasteiger partial charge in [-0.25, -0.2) is 4.98 Å². The number of nitrogens with one attached hydrogen (secondary N) is 1. The van der Waals surface area contributed by atoms with Gasteiger partial charge in [0.2, 0.25) is 5.82 Å². The Balaban J connectivity index is 1.87. The van der Waals surface area contributed by atoms with Crippen LogP contribution in [-0.4, -0.2) is 21.7 Å². The molecule has 0 aliphatic heterocycles. The number of benzene rings is 1. The van der Waals surface area contributed by atoms with Crippen molar-refractivity contribution >= 4 is 17.4 Å². The van der Waals surface area contributed by atoms with E-state index in [0.29, 0.717) is 16.7 Å². The molecule has 1 aromatic carbocycles. The van der Waals surface area contributed by atoms with Gasteiger partial charge in [-0.3, -0.25) is 0 Å². The largest absolute Gasteiger partial charge is 0.369 e. The van der Waals surface area contributed by atoms with E-state index in [1.165, 1.54) is 0 Å². The number of halogens is 1. The third kappa shape index (κ3) is 3.68. The van der Waals surface area contributed by atoms with Gasteiger partial charge < -0.3 is 9.84 Å². The van der Waals surface area contributed by atoms with Crippen LogP contribution < -0.4 is 5.32 Å². The molecule has 2 heterocycles. The Bertz CT molecular complexity index is 770. The number of hydrogen-bond donors (Lipinski definition) is 1. The summed E-state index contributed by atoms with van der Waals surface area (Å²) >= 11 is 5.90. The second kappa shape index (κ2) is 7.24. The first-order valence-corrected chi connectivity index (χ1v) is 7.94. The van der Waals surface area contributed by atoms with E-state index in [0.717, 1.165) is 36.3 Å². The van der Waals surface area contributed by atoms with Gasteiger partial charge in [0, 0.05) is 23.3 Å². The highest BCUT2D eigenvalue weighted by molar-refractivity contribution is 6.30. The van der Waals surface area contributed by atoms with Gasteiger partial charge in [-0.2, -0.15) is 4.98 Å². The van der Waals surface area contributed by atoms with Crippen LogP contribution in [-0.2, 0) is 0 Å². The summed E-state index contributed by atoms with van der Waals surface area (Å²) in [6.07, 6.45) is 3.95. The van der Waals surface area contributed by atoms with Crippen LogP contribution in [0.4, 0.5) is 5.82 Å². The molecule has 118 valence electrons. The van der Waals surface area contributed by atoms with E-state index in [1.807, 2.05) is 24.3 Å². The minimum absolute atomic E-state index is 0.446. The average molecular weight is 329 g/mol. The number of anilines is 1. The third-order valence-electron chi connectivity index (χ3n) is 3.39. The summed E-state index contributed by atoms with van der Waals surface area (Å²) in [5.41, 5.74) is 1.66. The van der Waals surface area contributed by atoms with Gasteiger partial charge >= 0.3 is 0 Å². The molecule has 0 spiro atoms. The van der Waals surface area contributed by atoms with Crippen LogP contribution >= 0.6 is 11.6 Å². The van der Waals surface area contributed by atoms with Gasteiger partial charge in [0.1, 0.15) is 5.82 Å². The number of aromatic nitrogens is 3. The zero-order valence-corrected chi connectivity index (χ0v) is 13.5. The standard InChI is InChI=1S/C17H17ClN4O/c1-2-3-10-19-16-14(5-4-11-20-16)17-21-15(22-23-17)12-6-8-13(18)9-7-12/h4-9,11H,2-3,10H2,1H3,(H,19,20). The van der Waals surface area contributed by atoms with Gasteiger partial charge in [0.25, 0.3) is 5.89 Å². The van der Waals surface area contributed by atoms with E-state index in [1.54, 1.807) is 18.3 Å². The number of rotatable bonds is 6. The van der Waals surface area contributed by atoms with Crippen molar-refractivity contribution < 1.29 is 4.52 Å². The Kier molecular flexibility index (Phi) is 4.88. The van der Waals surface area contributed by atoms with E-state index in [2.05, 4.69) is 27.4 Å². The molecule has 0 saturated carbocycles. The van der Waals surface area contributed by atoms with Crippen molar-refractivity contribution in [3.8, 4) is 22.8 Å². The first kappa shape index (κ1) is 15.5. The summed E-state index contributed by atoms with van der Waals surface area (Å²) in [6.45, 7) is 3.01. The maximum Gasteiger partial charge on any atom is 0.261 e. The predicted molar refractivity (Wildman–Crippen MR) is 91.4 cm³/mol. The lowest BCUT2D eigenvalue weighted by Crippen LogP contribution is -2.04. The fourth-order valence-corrected chi connectivity index (χ4v) is 2.28. The Morgan fingerprint density at radius 3 is 2.78 bits per heavy atom. The minimum atomic E-state index is 0.446.